The van der Waals surface area contributed by atoms with Crippen molar-refractivity contribution in [1.29, 1.82) is 0 Å². The smallest absolute Gasteiger partial charge is 0.224 e. The number of likely N-dealkylation sites (N-methyl/N-ethyl adjacent to an activating group) is 1. The van der Waals surface area contributed by atoms with Gasteiger partial charge in [-0.15, -0.1) is 0 Å². The highest BCUT2D eigenvalue weighted by molar-refractivity contribution is 5.97. The molecule has 2 heterocycles. The molecule has 102 valence electrons. The highest BCUT2D eigenvalue weighted by atomic mass is 16.2. The molecule has 4 nitrogen and oxygen atoms in total. The molecule has 1 saturated carbocycles. The van der Waals surface area contributed by atoms with E-state index in [0.29, 0.717) is 12.1 Å². The van der Waals surface area contributed by atoms with Gasteiger partial charge in [0.05, 0.1) is 23.6 Å². The number of carbonyl (C=O) groups excluding carboxylic acids is 1. The molecule has 1 aromatic heterocycles. The third-order valence-corrected chi connectivity index (χ3v) is 4.45. The van der Waals surface area contributed by atoms with Gasteiger partial charge in [0.15, 0.2) is 0 Å². The molecule has 0 bridgehead atoms. The van der Waals surface area contributed by atoms with E-state index in [1.165, 1.54) is 19.3 Å². The van der Waals surface area contributed by atoms with Gasteiger partial charge in [-0.2, -0.15) is 0 Å². The van der Waals surface area contributed by atoms with Gasteiger partial charge in [0, 0.05) is 25.7 Å². The minimum atomic E-state index is 0.141. The summed E-state index contributed by atoms with van der Waals surface area (Å²) in [4.78, 5) is 20.8. The summed E-state index contributed by atoms with van der Waals surface area (Å²) in [5.74, 6) is 0.141. The van der Waals surface area contributed by atoms with Crippen LogP contribution < -0.4 is 9.80 Å². The molecule has 0 N–H and O–H groups in total. The molecule has 2 aliphatic rings. The molecule has 1 fully saturated rings. The molecular formula is C15H21N3O. The number of amides is 1. The first-order valence-corrected chi connectivity index (χ1v) is 7.24. The van der Waals surface area contributed by atoms with E-state index in [1.807, 2.05) is 23.4 Å². The largest absolute Gasteiger partial charge is 0.365 e. The summed E-state index contributed by atoms with van der Waals surface area (Å²) in [5.41, 5.74) is 2.15. The highest BCUT2D eigenvalue weighted by Crippen LogP contribution is 2.42. The number of nitrogens with zero attached hydrogens (tertiary/aromatic N) is 3. The normalized spacial score (nSPS) is 25.8. The van der Waals surface area contributed by atoms with Crippen LogP contribution in [0.5, 0.6) is 0 Å². The van der Waals surface area contributed by atoms with Crippen LogP contribution in [0.1, 0.15) is 39.5 Å². The molecule has 1 aliphatic heterocycles. The maximum Gasteiger partial charge on any atom is 0.224 e. The Hall–Kier alpha value is -1.58. The number of carbonyl (C=O) groups is 1. The number of anilines is 2. The van der Waals surface area contributed by atoms with Gasteiger partial charge in [-0.25, -0.2) is 0 Å². The van der Waals surface area contributed by atoms with Crippen LogP contribution in [0.4, 0.5) is 11.4 Å². The Balaban J connectivity index is 2.12. The van der Waals surface area contributed by atoms with Crippen LogP contribution in [0.3, 0.4) is 0 Å². The quantitative estimate of drug-likeness (QED) is 0.777. The Kier molecular flexibility index (Phi) is 3.17. The number of rotatable bonds is 1. The van der Waals surface area contributed by atoms with Crippen LogP contribution in [0.25, 0.3) is 0 Å². The molecular weight excluding hydrogens is 238 g/mol. The first-order chi connectivity index (χ1) is 9.24. The van der Waals surface area contributed by atoms with Crippen molar-refractivity contribution in [3.8, 4) is 0 Å². The second-order valence-electron chi connectivity index (χ2n) is 5.46. The van der Waals surface area contributed by atoms with E-state index in [4.69, 9.17) is 0 Å². The van der Waals surface area contributed by atoms with E-state index in [-0.39, 0.29) is 5.91 Å². The monoisotopic (exact) mass is 259 g/mol. The highest BCUT2D eigenvalue weighted by Gasteiger charge is 2.41. The summed E-state index contributed by atoms with van der Waals surface area (Å²) >= 11 is 0. The summed E-state index contributed by atoms with van der Waals surface area (Å²) in [6.07, 6.45) is 8.44. The van der Waals surface area contributed by atoms with E-state index < -0.39 is 0 Å². The van der Waals surface area contributed by atoms with Gasteiger partial charge in [0.25, 0.3) is 0 Å². The predicted octanol–water partition coefficient (Wildman–Crippen LogP) is 2.59. The Morgan fingerprint density at radius 2 is 2.05 bits per heavy atom. The van der Waals surface area contributed by atoms with E-state index in [9.17, 15) is 4.79 Å². The van der Waals surface area contributed by atoms with Crippen LogP contribution in [-0.4, -0.2) is 29.5 Å². The van der Waals surface area contributed by atoms with Gasteiger partial charge in [0.2, 0.25) is 5.91 Å². The van der Waals surface area contributed by atoms with Gasteiger partial charge >= 0.3 is 0 Å². The Labute approximate surface area is 114 Å². The Morgan fingerprint density at radius 1 is 1.32 bits per heavy atom. The molecule has 2 unspecified atom stereocenters. The van der Waals surface area contributed by atoms with E-state index in [0.717, 1.165) is 24.3 Å². The van der Waals surface area contributed by atoms with E-state index >= 15 is 0 Å². The van der Waals surface area contributed by atoms with Crippen molar-refractivity contribution in [2.24, 2.45) is 0 Å². The standard InChI is InChI=1S/C15H21N3O/c1-3-17-12-6-4-5-7-14(12)18(11(2)19)15-10-16-9-8-13(15)17/h8-10,12,14H,3-7H2,1-2H3. The fourth-order valence-corrected chi connectivity index (χ4v) is 3.73. The molecule has 1 aliphatic carbocycles. The lowest BCUT2D eigenvalue weighted by atomic mass is 9.85. The maximum absolute atomic E-state index is 12.1. The summed E-state index contributed by atoms with van der Waals surface area (Å²) in [7, 11) is 0. The second kappa shape index (κ2) is 4.83. The zero-order valence-corrected chi connectivity index (χ0v) is 11.7. The van der Waals surface area contributed by atoms with Gasteiger partial charge in [-0.3, -0.25) is 9.78 Å². The van der Waals surface area contributed by atoms with Gasteiger partial charge in [0.1, 0.15) is 0 Å². The molecule has 0 saturated heterocycles. The molecule has 1 aromatic rings. The van der Waals surface area contributed by atoms with Crippen molar-refractivity contribution in [1.82, 2.24) is 4.98 Å². The zero-order chi connectivity index (χ0) is 13.4. The third-order valence-electron chi connectivity index (χ3n) is 4.45. The molecule has 0 aromatic carbocycles. The van der Waals surface area contributed by atoms with Crippen LogP contribution in [-0.2, 0) is 4.79 Å². The summed E-state index contributed by atoms with van der Waals surface area (Å²) in [6.45, 7) is 4.85. The van der Waals surface area contributed by atoms with E-state index in [1.54, 1.807) is 6.92 Å². The van der Waals surface area contributed by atoms with Crippen molar-refractivity contribution in [2.45, 2.75) is 51.6 Å². The van der Waals surface area contributed by atoms with Crippen LogP contribution >= 0.6 is 0 Å². The number of aromatic nitrogens is 1. The Bertz CT molecular complexity index is 488. The third kappa shape index (κ3) is 1.90. The Morgan fingerprint density at radius 3 is 2.74 bits per heavy atom. The molecule has 1 amide bonds. The lowest BCUT2D eigenvalue weighted by Gasteiger charge is -2.50. The molecule has 0 radical (unpaired) electrons. The first-order valence-electron chi connectivity index (χ1n) is 7.24. The number of pyridine rings is 1. The van der Waals surface area contributed by atoms with Gasteiger partial charge in [-0.05, 0) is 25.8 Å². The topological polar surface area (TPSA) is 36.4 Å². The number of hydrogen-bond acceptors (Lipinski definition) is 3. The average Bonchev–Trinajstić information content (AvgIpc) is 2.44. The molecule has 3 rings (SSSR count). The fourth-order valence-electron chi connectivity index (χ4n) is 3.73. The molecule has 0 spiro atoms. The summed E-state index contributed by atoms with van der Waals surface area (Å²) in [6, 6.07) is 2.83. The summed E-state index contributed by atoms with van der Waals surface area (Å²) < 4.78 is 0. The van der Waals surface area contributed by atoms with E-state index in [2.05, 4.69) is 16.8 Å². The lowest BCUT2D eigenvalue weighted by Crippen LogP contribution is -2.59. The average molecular weight is 259 g/mol. The molecule has 2 atom stereocenters. The number of hydrogen-bond donors (Lipinski definition) is 0. The van der Waals surface area contributed by atoms with Crippen molar-refractivity contribution in [3.05, 3.63) is 18.5 Å². The zero-order valence-electron chi connectivity index (χ0n) is 11.7. The first kappa shape index (κ1) is 12.5. The van der Waals surface area contributed by atoms with Crippen LogP contribution in [0.2, 0.25) is 0 Å². The lowest BCUT2D eigenvalue weighted by molar-refractivity contribution is -0.117. The SMILES string of the molecule is CCN1c2ccncc2N(C(C)=O)C2CCCCC21. The van der Waals surface area contributed by atoms with Gasteiger partial charge in [-0.1, -0.05) is 12.8 Å². The van der Waals surface area contributed by atoms with Crippen LogP contribution in [0, 0.1) is 0 Å². The minimum Gasteiger partial charge on any atom is -0.365 e. The minimum absolute atomic E-state index is 0.141. The number of fused-ring (bicyclic) bond motifs is 2. The summed E-state index contributed by atoms with van der Waals surface area (Å²) in [5, 5.41) is 0. The van der Waals surface area contributed by atoms with Crippen molar-refractivity contribution < 1.29 is 4.79 Å². The van der Waals surface area contributed by atoms with Crippen LogP contribution in [0.15, 0.2) is 18.5 Å². The fraction of sp³-hybridized carbons (Fsp3) is 0.600. The second-order valence-corrected chi connectivity index (χ2v) is 5.46. The molecule has 4 heteroatoms. The molecule has 19 heavy (non-hydrogen) atoms. The predicted molar refractivity (Wildman–Crippen MR) is 76.5 cm³/mol. The van der Waals surface area contributed by atoms with Crippen molar-refractivity contribution in [3.63, 3.8) is 0 Å². The van der Waals surface area contributed by atoms with Crippen molar-refractivity contribution >= 4 is 17.3 Å². The van der Waals surface area contributed by atoms with Crippen molar-refractivity contribution in [2.75, 3.05) is 16.3 Å². The van der Waals surface area contributed by atoms with Gasteiger partial charge < -0.3 is 9.80 Å². The maximum atomic E-state index is 12.1.